The molecule has 108 valence electrons. The van der Waals surface area contributed by atoms with Gasteiger partial charge in [0.2, 0.25) is 0 Å². The van der Waals surface area contributed by atoms with Crippen molar-refractivity contribution in [1.82, 2.24) is 5.43 Å². The Morgan fingerprint density at radius 3 is 2.74 bits per heavy atom. The number of hydrogen-bond acceptors (Lipinski definition) is 4. The van der Waals surface area contributed by atoms with Gasteiger partial charge in [0.1, 0.15) is 0 Å². The number of hydrazine groups is 1. The van der Waals surface area contributed by atoms with Crippen LogP contribution in [0.15, 0.2) is 15.9 Å². The lowest BCUT2D eigenvalue weighted by atomic mass is 9.75. The molecule has 0 aromatic carbocycles. The maximum atomic E-state index is 6.19. The van der Waals surface area contributed by atoms with Gasteiger partial charge in [-0.05, 0) is 65.9 Å². The zero-order valence-corrected chi connectivity index (χ0v) is 14.0. The second kappa shape index (κ2) is 6.68. The van der Waals surface area contributed by atoms with Gasteiger partial charge >= 0.3 is 0 Å². The smallest absolute Gasteiger partial charge is 0.0897 e. The third-order valence-corrected chi connectivity index (χ3v) is 6.09. The van der Waals surface area contributed by atoms with E-state index in [0.717, 1.165) is 29.8 Å². The highest BCUT2D eigenvalue weighted by atomic mass is 79.9. The van der Waals surface area contributed by atoms with Crippen LogP contribution in [0.3, 0.4) is 0 Å². The second-order valence-electron chi connectivity index (χ2n) is 5.41. The Morgan fingerprint density at radius 1 is 1.58 bits per heavy atom. The summed E-state index contributed by atoms with van der Waals surface area (Å²) in [5, 5.41) is 2.09. The minimum Gasteiger partial charge on any atom is -0.373 e. The molecule has 0 bridgehead atoms. The first-order valence-corrected chi connectivity index (χ1v) is 8.63. The van der Waals surface area contributed by atoms with Crippen LogP contribution in [0.1, 0.15) is 50.4 Å². The quantitative estimate of drug-likeness (QED) is 0.625. The molecule has 1 aromatic rings. The molecule has 1 atom stereocenters. The minimum atomic E-state index is -0.163. The number of rotatable bonds is 5. The zero-order valence-electron chi connectivity index (χ0n) is 11.6. The van der Waals surface area contributed by atoms with Gasteiger partial charge in [-0.3, -0.25) is 5.84 Å². The SMILES string of the molecule is CCOC1(C(NN)c2sccc2Br)CCC(C)CC1. The van der Waals surface area contributed by atoms with E-state index in [1.165, 1.54) is 17.7 Å². The molecule has 0 aliphatic heterocycles. The van der Waals surface area contributed by atoms with E-state index in [1.54, 1.807) is 11.3 Å². The summed E-state index contributed by atoms with van der Waals surface area (Å²) in [7, 11) is 0. The molecule has 19 heavy (non-hydrogen) atoms. The van der Waals surface area contributed by atoms with Crippen molar-refractivity contribution in [3.05, 3.63) is 20.8 Å². The number of thiophene rings is 1. The molecule has 1 heterocycles. The number of nitrogens with one attached hydrogen (secondary N) is 1. The van der Waals surface area contributed by atoms with Crippen LogP contribution in [0.5, 0.6) is 0 Å². The van der Waals surface area contributed by atoms with Crippen molar-refractivity contribution < 1.29 is 4.74 Å². The lowest BCUT2D eigenvalue weighted by molar-refractivity contribution is -0.0970. The average Bonchev–Trinajstić information content (AvgIpc) is 2.81. The zero-order chi connectivity index (χ0) is 13.9. The molecule has 2 rings (SSSR count). The van der Waals surface area contributed by atoms with Crippen molar-refractivity contribution in [2.24, 2.45) is 11.8 Å². The Morgan fingerprint density at radius 2 is 2.26 bits per heavy atom. The lowest BCUT2D eigenvalue weighted by Gasteiger charge is -2.44. The highest BCUT2D eigenvalue weighted by Crippen LogP contribution is 2.45. The molecule has 1 aliphatic carbocycles. The van der Waals surface area contributed by atoms with E-state index >= 15 is 0 Å². The van der Waals surface area contributed by atoms with Crippen molar-refractivity contribution in [1.29, 1.82) is 0 Å². The number of halogens is 1. The molecule has 1 unspecified atom stereocenters. The fraction of sp³-hybridized carbons (Fsp3) is 0.714. The molecule has 0 radical (unpaired) electrons. The summed E-state index contributed by atoms with van der Waals surface area (Å²) in [5.74, 6) is 6.66. The van der Waals surface area contributed by atoms with Crippen molar-refractivity contribution >= 4 is 27.3 Å². The van der Waals surface area contributed by atoms with Gasteiger partial charge in [0.15, 0.2) is 0 Å². The van der Waals surface area contributed by atoms with Crippen molar-refractivity contribution in [2.75, 3.05) is 6.61 Å². The van der Waals surface area contributed by atoms with Crippen LogP contribution in [0, 0.1) is 5.92 Å². The van der Waals surface area contributed by atoms with Gasteiger partial charge in [-0.2, -0.15) is 0 Å². The summed E-state index contributed by atoms with van der Waals surface area (Å²) in [6, 6.07) is 2.14. The van der Waals surface area contributed by atoms with Crippen LogP contribution in [0.4, 0.5) is 0 Å². The van der Waals surface area contributed by atoms with Crippen molar-refractivity contribution in [3.8, 4) is 0 Å². The maximum Gasteiger partial charge on any atom is 0.0897 e. The van der Waals surface area contributed by atoms with Crippen LogP contribution in [-0.2, 0) is 4.74 Å². The van der Waals surface area contributed by atoms with Crippen LogP contribution in [0.2, 0.25) is 0 Å². The van der Waals surface area contributed by atoms with E-state index in [0.29, 0.717) is 0 Å². The fourth-order valence-corrected chi connectivity index (χ4v) is 4.80. The third kappa shape index (κ3) is 3.22. The number of ether oxygens (including phenoxy) is 1. The molecule has 1 saturated carbocycles. The molecular weight excluding hydrogens is 324 g/mol. The van der Waals surface area contributed by atoms with Crippen molar-refractivity contribution in [2.45, 2.75) is 51.2 Å². The normalized spacial score (nSPS) is 29.4. The monoisotopic (exact) mass is 346 g/mol. The Kier molecular flexibility index (Phi) is 5.43. The van der Waals surface area contributed by atoms with Gasteiger partial charge in [-0.1, -0.05) is 6.92 Å². The summed E-state index contributed by atoms with van der Waals surface area (Å²) < 4.78 is 7.32. The predicted octanol–water partition coefficient (Wildman–Crippen LogP) is 4.00. The average molecular weight is 347 g/mol. The molecule has 1 fully saturated rings. The van der Waals surface area contributed by atoms with E-state index in [1.807, 2.05) is 0 Å². The molecule has 0 spiro atoms. The van der Waals surface area contributed by atoms with E-state index in [4.69, 9.17) is 10.6 Å². The molecule has 3 nitrogen and oxygen atoms in total. The molecule has 3 N–H and O–H groups in total. The highest BCUT2D eigenvalue weighted by molar-refractivity contribution is 9.10. The molecule has 5 heteroatoms. The lowest BCUT2D eigenvalue weighted by Crippen LogP contribution is -2.50. The van der Waals surface area contributed by atoms with Gasteiger partial charge < -0.3 is 4.74 Å². The first-order valence-electron chi connectivity index (χ1n) is 6.96. The van der Waals surface area contributed by atoms with E-state index in [9.17, 15) is 0 Å². The predicted molar refractivity (Wildman–Crippen MR) is 84.1 cm³/mol. The summed E-state index contributed by atoms with van der Waals surface area (Å²) in [4.78, 5) is 1.24. The molecule has 0 amide bonds. The largest absolute Gasteiger partial charge is 0.373 e. The topological polar surface area (TPSA) is 47.3 Å². The number of nitrogens with two attached hydrogens (primary N) is 1. The Hall–Kier alpha value is 0.0600. The minimum absolute atomic E-state index is 0.0642. The Labute approximate surface area is 128 Å². The summed E-state index contributed by atoms with van der Waals surface area (Å²) in [6.45, 7) is 5.12. The number of hydrogen-bond donors (Lipinski definition) is 2. The van der Waals surface area contributed by atoms with E-state index in [-0.39, 0.29) is 11.6 Å². The molecular formula is C14H23BrN2OS. The second-order valence-corrected chi connectivity index (χ2v) is 7.21. The Balaban J connectivity index is 2.28. The standard InChI is InChI=1S/C14H23BrN2OS/c1-3-18-14(7-4-10(2)5-8-14)13(17-16)12-11(15)6-9-19-12/h6,9-10,13,17H,3-5,7-8,16H2,1-2H3. The fourth-order valence-electron chi connectivity index (χ4n) is 3.03. The molecule has 1 aromatic heterocycles. The van der Waals surface area contributed by atoms with Gasteiger partial charge in [-0.15, -0.1) is 11.3 Å². The summed E-state index contributed by atoms with van der Waals surface area (Å²) in [5.41, 5.74) is 2.85. The van der Waals surface area contributed by atoms with Crippen LogP contribution in [-0.4, -0.2) is 12.2 Å². The van der Waals surface area contributed by atoms with Gasteiger partial charge in [0.25, 0.3) is 0 Å². The van der Waals surface area contributed by atoms with Crippen LogP contribution >= 0.6 is 27.3 Å². The van der Waals surface area contributed by atoms with Gasteiger partial charge in [-0.25, -0.2) is 5.43 Å². The van der Waals surface area contributed by atoms with Crippen LogP contribution in [0.25, 0.3) is 0 Å². The third-order valence-electron chi connectivity index (χ3n) is 4.15. The first-order chi connectivity index (χ1) is 9.13. The summed E-state index contributed by atoms with van der Waals surface area (Å²) >= 11 is 5.35. The van der Waals surface area contributed by atoms with Gasteiger partial charge in [0.05, 0.1) is 11.6 Å². The molecule has 0 saturated heterocycles. The molecule has 1 aliphatic rings. The van der Waals surface area contributed by atoms with Gasteiger partial charge in [0, 0.05) is 16.0 Å². The highest BCUT2D eigenvalue weighted by Gasteiger charge is 2.43. The van der Waals surface area contributed by atoms with Crippen LogP contribution < -0.4 is 11.3 Å². The maximum absolute atomic E-state index is 6.19. The summed E-state index contributed by atoms with van der Waals surface area (Å²) in [6.07, 6.45) is 4.56. The van der Waals surface area contributed by atoms with Crippen molar-refractivity contribution in [3.63, 3.8) is 0 Å². The Bertz CT molecular complexity index is 402. The van der Waals surface area contributed by atoms with E-state index in [2.05, 4.69) is 46.6 Å². The van der Waals surface area contributed by atoms with E-state index < -0.39 is 0 Å². The first kappa shape index (κ1) is 15.4.